The lowest BCUT2D eigenvalue weighted by Gasteiger charge is -2.13. The number of aromatic nitrogens is 2. The predicted octanol–water partition coefficient (Wildman–Crippen LogP) is 6.63. The number of carbonyl (C=O) groups excluding carboxylic acids is 2. The third kappa shape index (κ3) is 4.95. The van der Waals surface area contributed by atoms with Crippen LogP contribution in [-0.4, -0.2) is 34.3 Å². The van der Waals surface area contributed by atoms with Gasteiger partial charge in [0.2, 0.25) is 5.91 Å². The first-order chi connectivity index (χ1) is 19.0. The van der Waals surface area contributed by atoms with Crippen molar-refractivity contribution in [1.29, 1.82) is 0 Å². The van der Waals surface area contributed by atoms with Crippen molar-refractivity contribution in [3.8, 4) is 16.1 Å². The predicted molar refractivity (Wildman–Crippen MR) is 160 cm³/mol. The number of nitrogens with zero attached hydrogens (tertiary/aromatic N) is 2. The van der Waals surface area contributed by atoms with Crippen LogP contribution in [0.25, 0.3) is 26.3 Å². The second-order valence-electron chi connectivity index (χ2n) is 8.92. The lowest BCUT2D eigenvalue weighted by molar-refractivity contribution is -0.113. The van der Waals surface area contributed by atoms with E-state index in [0.29, 0.717) is 26.8 Å². The number of para-hydroxylation sites is 1. The van der Waals surface area contributed by atoms with Gasteiger partial charge in [-0.2, -0.15) is 0 Å². The van der Waals surface area contributed by atoms with Gasteiger partial charge in [-0.25, -0.2) is 9.78 Å². The van der Waals surface area contributed by atoms with Crippen molar-refractivity contribution in [3.63, 3.8) is 0 Å². The fraction of sp³-hybridized carbons (Fsp3) is 0.214. The molecule has 0 saturated heterocycles. The van der Waals surface area contributed by atoms with Crippen molar-refractivity contribution in [2.24, 2.45) is 0 Å². The molecule has 0 saturated carbocycles. The van der Waals surface area contributed by atoms with Gasteiger partial charge >= 0.3 is 5.97 Å². The lowest BCUT2D eigenvalue weighted by atomic mass is 9.97. The van der Waals surface area contributed by atoms with Crippen molar-refractivity contribution < 1.29 is 14.3 Å². The molecule has 5 aromatic rings. The maximum absolute atomic E-state index is 13.9. The molecule has 0 atom stereocenters. The largest absolute Gasteiger partial charge is 0.465 e. The summed E-state index contributed by atoms with van der Waals surface area (Å²) in [5.74, 6) is -0.790. The van der Waals surface area contributed by atoms with Crippen LogP contribution in [0.4, 0.5) is 5.00 Å². The van der Waals surface area contributed by atoms with Crippen LogP contribution in [0.15, 0.2) is 63.2 Å². The maximum Gasteiger partial charge on any atom is 0.341 e. The van der Waals surface area contributed by atoms with E-state index in [1.807, 2.05) is 53.2 Å². The number of fused-ring (bicyclic) bond motifs is 3. The maximum atomic E-state index is 13.9. The van der Waals surface area contributed by atoms with Crippen LogP contribution in [0.3, 0.4) is 0 Å². The van der Waals surface area contributed by atoms with Crippen LogP contribution in [0.5, 0.6) is 0 Å². The summed E-state index contributed by atoms with van der Waals surface area (Å²) in [7, 11) is 1.33. The fourth-order valence-corrected chi connectivity index (χ4v) is 8.65. The molecule has 1 N–H and O–H groups in total. The second kappa shape index (κ2) is 11.1. The van der Waals surface area contributed by atoms with Gasteiger partial charge in [-0.05, 0) is 54.8 Å². The highest BCUT2D eigenvalue weighted by Gasteiger charge is 2.25. The molecule has 39 heavy (non-hydrogen) atoms. The quantitative estimate of drug-likeness (QED) is 0.129. The van der Waals surface area contributed by atoms with Crippen LogP contribution < -0.4 is 10.9 Å². The van der Waals surface area contributed by atoms with Gasteiger partial charge in [-0.3, -0.25) is 14.2 Å². The monoisotopic (exact) mass is 593 g/mol. The Morgan fingerprint density at radius 1 is 1.10 bits per heavy atom. The molecule has 4 heterocycles. The highest BCUT2D eigenvalue weighted by Crippen LogP contribution is 2.39. The third-order valence-corrected chi connectivity index (χ3v) is 10.4. The number of amides is 1. The first-order valence-electron chi connectivity index (χ1n) is 12.3. The van der Waals surface area contributed by atoms with Crippen molar-refractivity contribution in [2.45, 2.75) is 30.8 Å². The number of rotatable bonds is 7. The van der Waals surface area contributed by atoms with Gasteiger partial charge in [0, 0.05) is 20.7 Å². The Kier molecular flexibility index (Phi) is 7.39. The Bertz CT molecular complexity index is 1740. The molecule has 11 heteroatoms. The van der Waals surface area contributed by atoms with E-state index in [-0.39, 0.29) is 17.2 Å². The smallest absolute Gasteiger partial charge is 0.341 e. The zero-order chi connectivity index (χ0) is 26.9. The molecule has 0 unspecified atom stereocenters. The minimum atomic E-state index is -0.505. The van der Waals surface area contributed by atoms with Gasteiger partial charge < -0.3 is 10.1 Å². The summed E-state index contributed by atoms with van der Waals surface area (Å²) in [5, 5.41) is 8.27. The van der Waals surface area contributed by atoms with Crippen LogP contribution in [0.2, 0.25) is 0 Å². The molecule has 1 amide bonds. The number of hydrogen-bond acceptors (Lipinski definition) is 9. The van der Waals surface area contributed by atoms with Crippen molar-refractivity contribution in [2.75, 3.05) is 18.2 Å². The number of nitrogens with one attached hydrogen (secondary N) is 1. The SMILES string of the molecule is COC(=O)c1c(-c2cccs2)csc1NC(=O)CSc1nc2sc3c(c2c(=O)n1-c1ccccc1)CCCC3. The van der Waals surface area contributed by atoms with E-state index < -0.39 is 5.97 Å². The minimum Gasteiger partial charge on any atom is -0.465 e. The van der Waals surface area contributed by atoms with Crippen molar-refractivity contribution >= 4 is 72.9 Å². The molecule has 1 aromatic carbocycles. The molecular formula is C28H23N3O4S4. The molecule has 1 aliphatic carbocycles. The molecule has 0 bridgehead atoms. The molecule has 198 valence electrons. The number of esters is 1. The summed E-state index contributed by atoms with van der Waals surface area (Å²) in [5.41, 5.74) is 2.82. The van der Waals surface area contributed by atoms with Gasteiger partial charge in [0.1, 0.15) is 15.4 Å². The summed E-state index contributed by atoms with van der Waals surface area (Å²) in [4.78, 5) is 47.4. The average Bonchev–Trinajstić information content (AvgIpc) is 3.70. The van der Waals surface area contributed by atoms with Crippen LogP contribution in [0, 0.1) is 0 Å². The van der Waals surface area contributed by atoms with E-state index in [4.69, 9.17) is 9.72 Å². The van der Waals surface area contributed by atoms with Gasteiger partial charge in [0.15, 0.2) is 5.16 Å². The Hall–Kier alpha value is -3.25. The first kappa shape index (κ1) is 26.0. The van der Waals surface area contributed by atoms with E-state index in [2.05, 4.69) is 5.32 Å². The number of thioether (sulfide) groups is 1. The molecule has 0 aliphatic heterocycles. The van der Waals surface area contributed by atoms with Gasteiger partial charge in [0.05, 0.1) is 23.9 Å². The van der Waals surface area contributed by atoms with E-state index in [0.717, 1.165) is 46.5 Å². The van der Waals surface area contributed by atoms with E-state index in [9.17, 15) is 14.4 Å². The molecule has 7 nitrogen and oxygen atoms in total. The molecule has 4 aromatic heterocycles. The number of ether oxygens (including phenoxy) is 1. The summed E-state index contributed by atoms with van der Waals surface area (Å²) >= 11 is 5.59. The summed E-state index contributed by atoms with van der Waals surface area (Å²) in [6, 6.07) is 13.2. The summed E-state index contributed by atoms with van der Waals surface area (Å²) < 4.78 is 6.62. The molecule has 1 aliphatic rings. The molecule has 0 spiro atoms. The number of hydrogen-bond donors (Lipinski definition) is 1. The molecule has 6 rings (SSSR count). The van der Waals surface area contributed by atoms with Crippen LogP contribution in [0.1, 0.15) is 33.6 Å². The average molecular weight is 594 g/mol. The number of methoxy groups -OCH3 is 1. The topological polar surface area (TPSA) is 90.3 Å². The third-order valence-electron chi connectivity index (χ3n) is 6.53. The lowest BCUT2D eigenvalue weighted by Crippen LogP contribution is -2.23. The second-order valence-corrected chi connectivity index (χ2v) is 12.8. The number of carbonyl (C=O) groups is 2. The molecular weight excluding hydrogens is 571 g/mol. The Labute approximate surface area is 240 Å². The Morgan fingerprint density at radius 2 is 1.92 bits per heavy atom. The van der Waals surface area contributed by atoms with E-state index in [1.54, 1.807) is 15.9 Å². The summed E-state index contributed by atoms with van der Waals surface area (Å²) in [6.45, 7) is 0. The number of benzene rings is 1. The number of thiophene rings is 3. The summed E-state index contributed by atoms with van der Waals surface area (Å²) in [6.07, 6.45) is 4.07. The van der Waals surface area contributed by atoms with Crippen molar-refractivity contribution in [1.82, 2.24) is 9.55 Å². The minimum absolute atomic E-state index is 0.0166. The van der Waals surface area contributed by atoms with E-state index in [1.165, 1.54) is 46.4 Å². The number of anilines is 1. The van der Waals surface area contributed by atoms with E-state index >= 15 is 0 Å². The Morgan fingerprint density at radius 3 is 2.69 bits per heavy atom. The molecule has 0 fully saturated rings. The van der Waals surface area contributed by atoms with Gasteiger partial charge in [-0.1, -0.05) is 36.0 Å². The van der Waals surface area contributed by atoms with Crippen LogP contribution >= 0.6 is 45.8 Å². The molecule has 0 radical (unpaired) electrons. The highest BCUT2D eigenvalue weighted by molar-refractivity contribution is 7.99. The van der Waals surface area contributed by atoms with Gasteiger partial charge in [-0.15, -0.1) is 34.0 Å². The first-order valence-corrected chi connectivity index (χ1v) is 15.9. The number of aryl methyl sites for hydroxylation is 2. The van der Waals surface area contributed by atoms with Crippen LogP contribution in [-0.2, 0) is 22.4 Å². The fourth-order valence-electron chi connectivity index (χ4n) is 4.75. The van der Waals surface area contributed by atoms with Gasteiger partial charge in [0.25, 0.3) is 5.56 Å². The highest BCUT2D eigenvalue weighted by atomic mass is 32.2. The van der Waals surface area contributed by atoms with Crippen molar-refractivity contribution in [3.05, 3.63) is 79.6 Å². The normalized spacial score (nSPS) is 12.8. The Balaban J connectivity index is 1.31. The zero-order valence-corrected chi connectivity index (χ0v) is 24.2. The zero-order valence-electron chi connectivity index (χ0n) is 20.9. The standard InChI is InChI=1S/C28H23N3O4S4/c1-35-27(34)23-18(19-12-7-13-36-19)14-37-24(23)29-21(32)15-38-28-30-25-22(17-10-5-6-11-20(17)39-25)26(33)31(28)16-8-3-2-4-9-16/h2-4,7-9,12-14H,5-6,10-11,15H2,1H3,(H,29,32).